The van der Waals surface area contributed by atoms with Gasteiger partial charge in [0, 0.05) is 18.3 Å². The quantitative estimate of drug-likeness (QED) is 0.559. The molecule has 31 heavy (non-hydrogen) atoms. The van der Waals surface area contributed by atoms with E-state index in [-0.39, 0.29) is 11.5 Å². The lowest BCUT2D eigenvalue weighted by Crippen LogP contribution is -2.37. The topological polar surface area (TPSA) is 82.5 Å². The maximum Gasteiger partial charge on any atom is 0.342 e. The highest BCUT2D eigenvalue weighted by atomic mass is 16.5. The number of para-hydroxylation sites is 2. The Morgan fingerprint density at radius 2 is 1.71 bits per heavy atom. The molecule has 0 aliphatic heterocycles. The van der Waals surface area contributed by atoms with Gasteiger partial charge < -0.3 is 14.8 Å². The molecule has 2 aromatic carbocycles. The molecular weight excluding hydrogens is 394 g/mol. The van der Waals surface area contributed by atoms with Gasteiger partial charge in [-0.25, -0.2) is 9.48 Å². The fourth-order valence-corrected chi connectivity index (χ4v) is 3.00. The molecule has 1 amide bonds. The molecule has 1 aromatic heterocycles. The number of carbonyl (C=O) groups excluding carboxylic acids is 2. The Labute approximate surface area is 182 Å². The van der Waals surface area contributed by atoms with Crippen LogP contribution in [0.3, 0.4) is 0 Å². The summed E-state index contributed by atoms with van der Waals surface area (Å²) in [6.45, 7) is 6.06. The lowest BCUT2D eigenvalue weighted by Gasteiger charge is -2.14. The van der Waals surface area contributed by atoms with E-state index in [1.807, 2.05) is 62.4 Å². The minimum absolute atomic E-state index is 0.247. The molecule has 3 rings (SSSR count). The summed E-state index contributed by atoms with van der Waals surface area (Å²) in [6, 6.07) is 16.8. The Morgan fingerprint density at radius 1 is 1.03 bits per heavy atom. The number of ether oxygens (including phenoxy) is 2. The van der Waals surface area contributed by atoms with E-state index in [1.54, 1.807) is 31.0 Å². The maximum absolute atomic E-state index is 13.0. The number of nitrogens with zero attached hydrogens (tertiary/aromatic N) is 2. The number of esters is 1. The number of hydrogen-bond donors (Lipinski definition) is 1. The average molecular weight is 421 g/mol. The Balaban J connectivity index is 1.95. The molecule has 1 heterocycles. The van der Waals surface area contributed by atoms with Gasteiger partial charge in [-0.05, 0) is 37.1 Å². The lowest BCUT2D eigenvalue weighted by atomic mass is 10.1. The lowest BCUT2D eigenvalue weighted by molar-refractivity contribution is -0.129. The highest BCUT2D eigenvalue weighted by Crippen LogP contribution is 2.32. The molecule has 0 aliphatic carbocycles. The third-order valence-electron chi connectivity index (χ3n) is 4.65. The summed E-state index contributed by atoms with van der Waals surface area (Å²) in [5.74, 6) is -0.0858. The normalized spacial score (nSPS) is 11.8. The van der Waals surface area contributed by atoms with Crippen molar-refractivity contribution in [2.24, 2.45) is 5.92 Å². The molecule has 0 aliphatic rings. The minimum Gasteiger partial charge on any atom is -0.496 e. The number of benzene rings is 2. The predicted molar refractivity (Wildman–Crippen MR) is 118 cm³/mol. The molecule has 7 heteroatoms. The van der Waals surface area contributed by atoms with Gasteiger partial charge in [0.2, 0.25) is 0 Å². The summed E-state index contributed by atoms with van der Waals surface area (Å²) in [4.78, 5) is 25.3. The van der Waals surface area contributed by atoms with Crippen molar-refractivity contribution in [1.82, 2.24) is 15.1 Å². The summed E-state index contributed by atoms with van der Waals surface area (Å²) in [6.07, 6.45) is 0.676. The zero-order chi connectivity index (χ0) is 22.4. The van der Waals surface area contributed by atoms with Crippen molar-refractivity contribution < 1.29 is 19.1 Å². The van der Waals surface area contributed by atoms with Crippen molar-refractivity contribution in [3.05, 3.63) is 66.4 Å². The molecule has 0 saturated carbocycles. The van der Waals surface area contributed by atoms with E-state index in [9.17, 15) is 9.59 Å². The number of methoxy groups -OCH3 is 1. The van der Waals surface area contributed by atoms with Crippen LogP contribution in [-0.4, -0.2) is 41.4 Å². The van der Waals surface area contributed by atoms with E-state index < -0.39 is 12.1 Å². The Bertz CT molecular complexity index is 1040. The molecule has 0 spiro atoms. The van der Waals surface area contributed by atoms with Crippen molar-refractivity contribution in [2.75, 3.05) is 13.7 Å². The number of nitrogens with one attached hydrogen (secondary N) is 1. The third kappa shape index (κ3) is 5.31. The number of aromatic nitrogens is 2. The van der Waals surface area contributed by atoms with Crippen molar-refractivity contribution in [1.29, 1.82) is 0 Å². The molecule has 1 N–H and O–H groups in total. The third-order valence-corrected chi connectivity index (χ3v) is 4.65. The van der Waals surface area contributed by atoms with Crippen LogP contribution in [0.1, 0.15) is 31.1 Å². The molecule has 1 atom stereocenters. The molecular formula is C24H27N3O4. The van der Waals surface area contributed by atoms with E-state index in [2.05, 4.69) is 10.4 Å². The molecule has 7 nitrogen and oxygen atoms in total. The predicted octanol–water partition coefficient (Wildman–Crippen LogP) is 3.87. The summed E-state index contributed by atoms with van der Waals surface area (Å²) in [5, 5.41) is 7.40. The van der Waals surface area contributed by atoms with Crippen LogP contribution in [0.5, 0.6) is 5.75 Å². The molecule has 0 bridgehead atoms. The fourth-order valence-electron chi connectivity index (χ4n) is 3.00. The van der Waals surface area contributed by atoms with Gasteiger partial charge in [0.1, 0.15) is 17.0 Å². The van der Waals surface area contributed by atoms with Crippen LogP contribution >= 0.6 is 0 Å². The maximum atomic E-state index is 13.0. The molecule has 0 unspecified atom stereocenters. The van der Waals surface area contributed by atoms with Gasteiger partial charge in [-0.2, -0.15) is 5.10 Å². The fraction of sp³-hybridized carbons (Fsp3) is 0.292. The number of amides is 1. The number of hydrogen-bond acceptors (Lipinski definition) is 5. The van der Waals surface area contributed by atoms with Gasteiger partial charge in [0.05, 0.1) is 12.8 Å². The summed E-state index contributed by atoms with van der Waals surface area (Å²) in [7, 11) is 1.56. The minimum atomic E-state index is -0.933. The summed E-state index contributed by atoms with van der Waals surface area (Å²) in [5.41, 5.74) is 2.11. The second kappa shape index (κ2) is 9.93. The Hall–Kier alpha value is -3.61. The highest BCUT2D eigenvalue weighted by molar-refractivity contribution is 5.98. The van der Waals surface area contributed by atoms with Crippen LogP contribution in [0, 0.1) is 5.92 Å². The smallest absolute Gasteiger partial charge is 0.342 e. The molecule has 0 fully saturated rings. The van der Waals surface area contributed by atoms with Crippen LogP contribution in [0.25, 0.3) is 16.9 Å². The van der Waals surface area contributed by atoms with E-state index in [0.717, 1.165) is 5.69 Å². The van der Waals surface area contributed by atoms with Gasteiger partial charge in [0.15, 0.2) is 6.10 Å². The van der Waals surface area contributed by atoms with E-state index in [0.29, 0.717) is 29.5 Å². The zero-order valence-corrected chi connectivity index (χ0v) is 18.2. The molecule has 0 radical (unpaired) electrons. The van der Waals surface area contributed by atoms with Crippen molar-refractivity contribution in [2.45, 2.75) is 26.9 Å². The van der Waals surface area contributed by atoms with Crippen LogP contribution in [-0.2, 0) is 9.53 Å². The SMILES string of the molecule is COc1ccccc1-c1nn(-c2ccccc2)cc1C(=O)O[C@H](C)C(=O)NCC(C)C. The molecule has 3 aromatic rings. The van der Waals surface area contributed by atoms with Crippen LogP contribution in [0.4, 0.5) is 0 Å². The van der Waals surface area contributed by atoms with Crippen LogP contribution in [0.15, 0.2) is 60.8 Å². The second-order valence-electron chi connectivity index (χ2n) is 7.56. The van der Waals surface area contributed by atoms with Gasteiger partial charge in [-0.3, -0.25) is 4.79 Å². The summed E-state index contributed by atoms with van der Waals surface area (Å²) >= 11 is 0. The van der Waals surface area contributed by atoms with Gasteiger partial charge in [-0.1, -0.05) is 44.2 Å². The summed E-state index contributed by atoms with van der Waals surface area (Å²) < 4.78 is 12.5. The monoisotopic (exact) mass is 421 g/mol. The Kier molecular flexibility index (Phi) is 7.07. The first kappa shape index (κ1) is 22.1. The average Bonchev–Trinajstić information content (AvgIpc) is 3.23. The van der Waals surface area contributed by atoms with Crippen molar-refractivity contribution in [3.63, 3.8) is 0 Å². The Morgan fingerprint density at radius 3 is 2.39 bits per heavy atom. The van der Waals surface area contributed by atoms with E-state index in [1.165, 1.54) is 0 Å². The standard InChI is InChI=1S/C24H27N3O4/c1-16(2)14-25-23(28)17(3)31-24(29)20-15-27(18-10-6-5-7-11-18)26-22(20)19-12-8-9-13-21(19)30-4/h5-13,15-17H,14H2,1-4H3,(H,25,28)/t17-/m1/s1. The van der Waals surface area contributed by atoms with Gasteiger partial charge >= 0.3 is 5.97 Å². The number of rotatable bonds is 8. The zero-order valence-electron chi connectivity index (χ0n) is 18.2. The number of carbonyl (C=O) groups is 2. The first-order valence-electron chi connectivity index (χ1n) is 10.2. The van der Waals surface area contributed by atoms with Crippen molar-refractivity contribution in [3.8, 4) is 22.7 Å². The highest BCUT2D eigenvalue weighted by Gasteiger charge is 2.25. The van der Waals surface area contributed by atoms with Crippen molar-refractivity contribution >= 4 is 11.9 Å². The van der Waals surface area contributed by atoms with Crippen LogP contribution in [0.2, 0.25) is 0 Å². The first-order chi connectivity index (χ1) is 14.9. The first-order valence-corrected chi connectivity index (χ1v) is 10.2. The second-order valence-corrected chi connectivity index (χ2v) is 7.56. The van der Waals surface area contributed by atoms with Gasteiger partial charge in [0.25, 0.3) is 5.91 Å². The molecule has 162 valence electrons. The van der Waals surface area contributed by atoms with E-state index in [4.69, 9.17) is 9.47 Å². The van der Waals surface area contributed by atoms with Gasteiger partial charge in [-0.15, -0.1) is 0 Å². The largest absolute Gasteiger partial charge is 0.496 e. The van der Waals surface area contributed by atoms with Crippen LogP contribution < -0.4 is 10.1 Å². The van der Waals surface area contributed by atoms with E-state index >= 15 is 0 Å². The molecule has 0 saturated heterocycles.